The summed E-state index contributed by atoms with van der Waals surface area (Å²) in [5.41, 5.74) is 16.8. The third-order valence-corrected chi connectivity index (χ3v) is 1.60. The van der Waals surface area contributed by atoms with Crippen LogP contribution in [0.2, 0.25) is 0 Å². The van der Waals surface area contributed by atoms with Crippen molar-refractivity contribution in [3.63, 3.8) is 0 Å². The second-order valence-electron chi connectivity index (χ2n) is 3.52. The zero-order valence-electron chi connectivity index (χ0n) is 9.84. The fourth-order valence-corrected chi connectivity index (χ4v) is 0.151. The van der Waals surface area contributed by atoms with Gasteiger partial charge in [0.15, 0.2) is 0 Å². The predicted molar refractivity (Wildman–Crippen MR) is 66.4 cm³/mol. The molecule has 0 amide bonds. The van der Waals surface area contributed by atoms with Gasteiger partial charge >= 0.3 is 35.3 Å². The average molecular weight is 477 g/mol. The van der Waals surface area contributed by atoms with Gasteiger partial charge in [-0.2, -0.15) is 0 Å². The van der Waals surface area contributed by atoms with Gasteiger partial charge in [0.25, 0.3) is 0 Å². The van der Waals surface area contributed by atoms with Crippen LogP contribution in [0.25, 0.3) is 0 Å². The summed E-state index contributed by atoms with van der Waals surface area (Å²) in [6.07, 6.45) is 0. The van der Waals surface area contributed by atoms with Gasteiger partial charge in [0.2, 0.25) is 0 Å². The summed E-state index contributed by atoms with van der Waals surface area (Å²) in [4.78, 5) is 0. The summed E-state index contributed by atoms with van der Waals surface area (Å²) in [5.74, 6) is 0. The van der Waals surface area contributed by atoms with Gasteiger partial charge in [-0.3, -0.25) is 4.39 Å². The topological polar surface area (TPSA) is 104 Å². The molecule has 17 heavy (non-hydrogen) atoms. The van der Waals surface area contributed by atoms with Crippen LogP contribution in [-0.2, 0) is 16.5 Å². The van der Waals surface area contributed by atoms with Crippen LogP contribution in [0, 0.1) is 6.54 Å². The Hall–Kier alpha value is 0.968. The van der Waals surface area contributed by atoms with E-state index in [1.165, 1.54) is 13.8 Å². The third-order valence-electron chi connectivity index (χ3n) is 1.60. The Morgan fingerprint density at radius 2 is 1.35 bits per heavy atom. The summed E-state index contributed by atoms with van der Waals surface area (Å²) in [5, 5.41) is 0. The Labute approximate surface area is 118 Å². The van der Waals surface area contributed by atoms with Crippen LogP contribution in [0.15, 0.2) is 0 Å². The molecule has 1 unspecified atom stereocenters. The van der Waals surface area contributed by atoms with E-state index < -0.39 is 27.8 Å². The molecule has 0 aliphatic heterocycles. The van der Waals surface area contributed by atoms with Crippen molar-refractivity contribution in [2.75, 3.05) is 19.6 Å². The summed E-state index contributed by atoms with van der Waals surface area (Å²) >= 11 is -0.472. The Balaban J connectivity index is -0.000000188. The molecule has 0 aromatic rings. The third kappa shape index (κ3) is 22.6. The normalized spacial score (nSPS) is 14.0. The molecule has 0 aliphatic carbocycles. The molecular weight excluding hydrogens is 456 g/mol. The monoisotopic (exact) mass is 476 g/mol. The first-order chi connectivity index (χ1) is 7.66. The molecule has 0 radical (unpaired) electrons. The van der Waals surface area contributed by atoms with Crippen LogP contribution in [0.3, 0.4) is 0 Å². The molecule has 0 aliphatic rings. The molecule has 4 nitrogen and oxygen atoms in total. The molecule has 0 aromatic carbocycles. The molecule has 1 atom stereocenters. The average Bonchev–Trinajstić information content (AvgIpc) is 2.31. The Morgan fingerprint density at radius 1 is 1.06 bits per heavy atom. The minimum absolute atomic E-state index is 0.00347. The van der Waals surface area contributed by atoms with E-state index in [-0.39, 0.29) is 19.6 Å². The van der Waals surface area contributed by atoms with E-state index in [0.717, 1.165) is 6.54 Å². The summed E-state index contributed by atoms with van der Waals surface area (Å²) in [7, 11) is 9.75. The van der Waals surface area contributed by atoms with Gasteiger partial charge in [-0.1, -0.05) is 6.92 Å². The maximum absolute atomic E-state index is 12.3. The van der Waals surface area contributed by atoms with Crippen molar-refractivity contribution >= 4 is 18.8 Å². The van der Waals surface area contributed by atoms with Crippen molar-refractivity contribution in [2.24, 2.45) is 22.9 Å². The van der Waals surface area contributed by atoms with Gasteiger partial charge in [-0.15, -0.1) is 0 Å². The minimum atomic E-state index is -1.49. The predicted octanol–water partition coefficient (Wildman–Crippen LogP) is 0.802. The molecule has 9 heteroatoms. The second kappa shape index (κ2) is 13.4. The van der Waals surface area contributed by atoms with Crippen molar-refractivity contribution in [2.45, 2.75) is 25.2 Å². The van der Waals surface area contributed by atoms with Gasteiger partial charge in [0.05, 0.1) is 0 Å². The Kier molecular flexibility index (Phi) is 18.2. The molecule has 8 N–H and O–H groups in total. The Bertz CT molecular complexity index is 136. The zero-order chi connectivity index (χ0) is 14.5. The van der Waals surface area contributed by atoms with Crippen molar-refractivity contribution in [1.29, 1.82) is 0 Å². The van der Waals surface area contributed by atoms with Gasteiger partial charge in [0.1, 0.15) is 5.67 Å². The molecule has 0 heterocycles. The van der Waals surface area contributed by atoms with E-state index in [0.29, 0.717) is 0 Å². The van der Waals surface area contributed by atoms with E-state index in [1.807, 2.05) is 0 Å². The fourth-order valence-electron chi connectivity index (χ4n) is 0.151. The van der Waals surface area contributed by atoms with Crippen LogP contribution in [0.1, 0.15) is 13.8 Å². The van der Waals surface area contributed by atoms with E-state index in [9.17, 15) is 8.78 Å². The molecule has 0 spiro atoms. The maximum atomic E-state index is 12.3. The molecule has 0 saturated heterocycles. The molecule has 0 rings (SSSR count). The van der Waals surface area contributed by atoms with Crippen molar-refractivity contribution in [1.82, 2.24) is 0 Å². The van der Waals surface area contributed by atoms with Crippen molar-refractivity contribution in [3.8, 4) is 0 Å². The number of alkyl halides is 2. The summed E-state index contributed by atoms with van der Waals surface area (Å²) < 4.78 is 24.5. The van der Waals surface area contributed by atoms with Crippen molar-refractivity contribution in [3.05, 3.63) is 6.54 Å². The van der Waals surface area contributed by atoms with E-state index in [1.54, 1.807) is 0 Å². The Morgan fingerprint density at radius 3 is 1.35 bits per heavy atom. The first-order valence-electron chi connectivity index (χ1n) is 4.52. The van der Waals surface area contributed by atoms with Gasteiger partial charge in [-0.05, 0) is 13.5 Å². The quantitative estimate of drug-likeness (QED) is 0.450. The van der Waals surface area contributed by atoms with Crippen molar-refractivity contribution < 1.29 is 25.3 Å². The number of hydrogen-bond donors (Lipinski definition) is 4. The zero-order valence-corrected chi connectivity index (χ0v) is 13.6. The van der Waals surface area contributed by atoms with Crippen LogP contribution in [0.4, 0.5) is 8.78 Å². The second-order valence-corrected chi connectivity index (χ2v) is 6.80. The molecule has 0 saturated carbocycles. The molecule has 0 aromatic heterocycles. The summed E-state index contributed by atoms with van der Waals surface area (Å²) in [6, 6.07) is 0. The number of rotatable bonds is 4. The van der Waals surface area contributed by atoms with E-state index in [4.69, 9.17) is 41.8 Å². The van der Waals surface area contributed by atoms with Gasteiger partial charge in [0, 0.05) is 18.8 Å². The molecule has 0 fully saturated rings. The number of hydrogen-bond acceptors (Lipinski definition) is 4. The summed E-state index contributed by atoms with van der Waals surface area (Å²) in [6.45, 7) is 3.61. The fraction of sp³-hybridized carbons (Fsp3) is 0.875. The van der Waals surface area contributed by atoms with Crippen LogP contribution in [-0.4, -0.2) is 31.0 Å². The van der Waals surface area contributed by atoms with Gasteiger partial charge in [-0.25, -0.2) is 10.9 Å². The van der Waals surface area contributed by atoms with E-state index >= 15 is 0 Å². The van der Waals surface area contributed by atoms with Crippen LogP contribution >= 0.6 is 18.8 Å². The number of halogens is 4. The van der Waals surface area contributed by atoms with E-state index in [2.05, 4.69) is 0 Å². The van der Waals surface area contributed by atoms with Crippen LogP contribution < -0.4 is 22.9 Å². The number of nitrogens with two attached hydrogens (primary N) is 4. The molecule has 112 valence electrons. The molecule has 0 bridgehead atoms. The first kappa shape index (κ1) is 23.1. The first-order valence-corrected chi connectivity index (χ1v) is 10.2. The van der Waals surface area contributed by atoms with Crippen LogP contribution in [0.5, 0.6) is 0 Å². The SMILES string of the molecule is CC(F)(CN)CN.CC(F)([CH-]N)CN.[Cl][Pt][Cl]. The molecular formula is C8H21Cl2F2N4Pt-. The standard InChI is InChI=1S/C4H11FN2.C4H10FN2.2ClH.Pt/c2*1-4(5,2-6)3-7;;;/h2-3,6-7H2,1H3;2H,3,6-7H2,1H3;2*1H;/q;-1;;;+2/p-2. The van der Waals surface area contributed by atoms with Gasteiger partial charge < -0.3 is 22.9 Å².